The molecule has 0 bridgehead atoms. The Balaban J connectivity index is 2.23. The third-order valence-corrected chi connectivity index (χ3v) is 5.43. The number of benzene rings is 1. The summed E-state index contributed by atoms with van der Waals surface area (Å²) in [4.78, 5) is 0. The summed E-state index contributed by atoms with van der Waals surface area (Å²) in [5, 5.41) is 0. The van der Waals surface area contributed by atoms with Gasteiger partial charge in [0.15, 0.2) is 0 Å². The van der Waals surface area contributed by atoms with E-state index in [-0.39, 0.29) is 0 Å². The average molecular weight is 267 g/mol. The van der Waals surface area contributed by atoms with Gasteiger partial charge in [-0.3, -0.25) is 0 Å². The lowest BCUT2D eigenvalue weighted by molar-refractivity contribution is 0.343. The molecule has 2 heteroatoms. The Kier molecular flexibility index (Phi) is 8.83. The molecule has 0 saturated heterocycles. The molecule has 0 aromatic heterocycles. The van der Waals surface area contributed by atoms with Gasteiger partial charge in [-0.05, 0) is 35.9 Å². The minimum Gasteiger partial charge on any atom is -0.489 e. The number of unbranched alkanes of at least 4 members (excludes halogenated alkanes) is 2. The second kappa shape index (κ2) is 10.3. The molecule has 0 aliphatic heterocycles. The first-order valence-electron chi connectivity index (χ1n) is 7.18. The normalized spacial score (nSPS) is 10.8. The molecule has 0 N–H and O–H groups in total. The van der Waals surface area contributed by atoms with Gasteiger partial charge >= 0.3 is 0 Å². The highest BCUT2D eigenvalue weighted by Crippen LogP contribution is 2.10. The van der Waals surface area contributed by atoms with Gasteiger partial charge in [0.05, 0.1) is 0 Å². The van der Waals surface area contributed by atoms with Crippen LogP contribution in [0.2, 0.25) is 0 Å². The van der Waals surface area contributed by atoms with Crippen molar-refractivity contribution < 1.29 is 4.74 Å². The molecule has 0 aliphatic carbocycles. The highest BCUT2D eigenvalue weighted by atomic mass is 32.2. The third-order valence-electron chi connectivity index (χ3n) is 2.96. The summed E-state index contributed by atoms with van der Waals surface area (Å²) >= 11 is 0. The van der Waals surface area contributed by atoms with Crippen LogP contribution in [0.4, 0.5) is 0 Å². The van der Waals surface area contributed by atoms with Crippen molar-refractivity contribution in [1.82, 2.24) is 0 Å². The molecule has 0 aliphatic rings. The zero-order chi connectivity index (χ0) is 13.1. The van der Waals surface area contributed by atoms with E-state index in [1.54, 1.807) is 0 Å². The maximum atomic E-state index is 5.80. The predicted molar refractivity (Wildman–Crippen MR) is 83.7 cm³/mol. The number of hydrogen-bond acceptors (Lipinski definition) is 1. The molecule has 1 nitrogen and oxygen atoms in total. The van der Waals surface area contributed by atoms with E-state index in [1.165, 1.54) is 42.9 Å². The Morgan fingerprint density at radius 3 is 2.06 bits per heavy atom. The van der Waals surface area contributed by atoms with Crippen LogP contribution in [0.3, 0.4) is 0 Å². The molecule has 18 heavy (non-hydrogen) atoms. The van der Waals surface area contributed by atoms with E-state index in [9.17, 15) is 0 Å². The van der Waals surface area contributed by atoms with Crippen LogP contribution in [0, 0.1) is 0 Å². The first-order chi connectivity index (χ1) is 8.86. The minimum absolute atomic E-state index is 0.577. The van der Waals surface area contributed by atoms with Gasteiger partial charge in [0.25, 0.3) is 0 Å². The molecule has 1 aromatic carbocycles. The number of para-hydroxylation sites is 1. The molecule has 0 saturated carbocycles. The fourth-order valence-corrected chi connectivity index (χ4v) is 4.12. The molecular weight excluding hydrogens is 240 g/mol. The van der Waals surface area contributed by atoms with Gasteiger partial charge in [-0.1, -0.05) is 44.9 Å². The van der Waals surface area contributed by atoms with E-state index in [4.69, 9.17) is 4.74 Å². The topological polar surface area (TPSA) is 9.23 Å². The average Bonchev–Trinajstić information content (AvgIpc) is 2.42. The van der Waals surface area contributed by atoms with Crippen molar-refractivity contribution >= 4 is 10.9 Å². The predicted octanol–water partition coefficient (Wildman–Crippen LogP) is 4.28. The van der Waals surface area contributed by atoms with Crippen LogP contribution in [0.25, 0.3) is 0 Å². The van der Waals surface area contributed by atoms with Crippen LogP contribution >= 0.6 is 0 Å². The summed E-state index contributed by atoms with van der Waals surface area (Å²) < 4.78 is 5.80. The maximum Gasteiger partial charge on any atom is 0.142 e. The fraction of sp³-hybridized carbons (Fsp3) is 0.625. The molecule has 1 aromatic rings. The van der Waals surface area contributed by atoms with Crippen molar-refractivity contribution in [1.29, 1.82) is 0 Å². The number of rotatable bonds is 10. The van der Waals surface area contributed by atoms with E-state index in [0.29, 0.717) is 10.9 Å². The Morgan fingerprint density at radius 1 is 0.889 bits per heavy atom. The van der Waals surface area contributed by atoms with Crippen molar-refractivity contribution in [3.63, 3.8) is 0 Å². The number of ether oxygens (including phenoxy) is 1. The molecule has 0 fully saturated rings. The smallest absolute Gasteiger partial charge is 0.142 e. The van der Waals surface area contributed by atoms with Gasteiger partial charge in [-0.25, -0.2) is 0 Å². The SMILES string of the molecule is CCCC[S+](CCCC)CCOc1ccccc1. The highest BCUT2D eigenvalue weighted by Gasteiger charge is 2.16. The molecule has 0 atom stereocenters. The molecule has 0 heterocycles. The largest absolute Gasteiger partial charge is 0.489 e. The minimum atomic E-state index is 0.577. The summed E-state index contributed by atoms with van der Waals surface area (Å²) in [5.74, 6) is 5.03. The van der Waals surface area contributed by atoms with Gasteiger partial charge in [-0.15, -0.1) is 0 Å². The zero-order valence-electron chi connectivity index (χ0n) is 11.9. The van der Waals surface area contributed by atoms with E-state index >= 15 is 0 Å². The van der Waals surface area contributed by atoms with Crippen molar-refractivity contribution in [3.8, 4) is 5.75 Å². The monoisotopic (exact) mass is 267 g/mol. The first kappa shape index (κ1) is 15.4. The molecule has 0 spiro atoms. The Hall–Kier alpha value is -0.630. The lowest BCUT2D eigenvalue weighted by atomic mass is 10.3. The van der Waals surface area contributed by atoms with Gasteiger partial charge in [-0.2, -0.15) is 0 Å². The standard InChI is InChI=1S/C16H27OS/c1-3-5-13-18(14-6-4-2)15-12-17-16-10-8-7-9-11-16/h7-11H,3-6,12-15H2,1-2H3/q+1. The van der Waals surface area contributed by atoms with E-state index in [1.807, 2.05) is 30.3 Å². The number of hydrogen-bond donors (Lipinski definition) is 0. The molecular formula is C16H27OS+. The van der Waals surface area contributed by atoms with Crippen LogP contribution < -0.4 is 4.74 Å². The Bertz CT molecular complexity index is 278. The highest BCUT2D eigenvalue weighted by molar-refractivity contribution is 7.96. The van der Waals surface area contributed by atoms with Crippen molar-refractivity contribution in [3.05, 3.63) is 30.3 Å². The Labute approximate surface area is 115 Å². The van der Waals surface area contributed by atoms with E-state index < -0.39 is 0 Å². The Morgan fingerprint density at radius 2 is 1.50 bits per heavy atom. The van der Waals surface area contributed by atoms with Crippen LogP contribution in [0.15, 0.2) is 30.3 Å². The second-order valence-electron chi connectivity index (χ2n) is 4.59. The molecule has 0 amide bonds. The maximum absolute atomic E-state index is 5.80. The van der Waals surface area contributed by atoms with Crippen molar-refractivity contribution in [2.24, 2.45) is 0 Å². The van der Waals surface area contributed by atoms with E-state index in [0.717, 1.165) is 12.4 Å². The summed E-state index contributed by atoms with van der Waals surface area (Å²) in [6.45, 7) is 5.43. The van der Waals surface area contributed by atoms with Gasteiger partial charge in [0.2, 0.25) is 0 Å². The van der Waals surface area contributed by atoms with Crippen molar-refractivity contribution in [2.45, 2.75) is 39.5 Å². The third kappa shape index (κ3) is 6.95. The zero-order valence-corrected chi connectivity index (χ0v) is 12.7. The van der Waals surface area contributed by atoms with Gasteiger partial charge < -0.3 is 4.74 Å². The molecule has 0 unspecified atom stereocenters. The summed E-state index contributed by atoms with van der Waals surface area (Å²) in [5.41, 5.74) is 0. The van der Waals surface area contributed by atoms with Crippen LogP contribution in [0.1, 0.15) is 39.5 Å². The fourth-order valence-electron chi connectivity index (χ4n) is 1.80. The molecule has 0 radical (unpaired) electrons. The van der Waals surface area contributed by atoms with E-state index in [2.05, 4.69) is 13.8 Å². The second-order valence-corrected chi connectivity index (χ2v) is 7.04. The van der Waals surface area contributed by atoms with Crippen LogP contribution in [-0.4, -0.2) is 23.9 Å². The quantitative estimate of drug-likeness (QED) is 0.575. The molecule has 1 rings (SSSR count). The lowest BCUT2D eigenvalue weighted by Crippen LogP contribution is -2.21. The van der Waals surface area contributed by atoms with Crippen LogP contribution in [-0.2, 0) is 10.9 Å². The van der Waals surface area contributed by atoms with Gasteiger partial charge in [0.1, 0.15) is 29.6 Å². The molecule has 102 valence electrons. The summed E-state index contributed by atoms with van der Waals surface area (Å²) in [6, 6.07) is 10.2. The first-order valence-corrected chi connectivity index (χ1v) is 8.92. The van der Waals surface area contributed by atoms with Gasteiger partial charge in [0, 0.05) is 0 Å². The summed E-state index contributed by atoms with van der Waals surface area (Å²) in [6.07, 6.45) is 5.38. The van der Waals surface area contributed by atoms with Crippen LogP contribution in [0.5, 0.6) is 5.75 Å². The summed E-state index contributed by atoms with van der Waals surface area (Å²) in [7, 11) is 0.577. The van der Waals surface area contributed by atoms with Crippen molar-refractivity contribution in [2.75, 3.05) is 23.9 Å². The lowest BCUT2D eigenvalue weighted by Gasteiger charge is -2.09.